The van der Waals surface area contributed by atoms with E-state index in [0.717, 1.165) is 25.3 Å². The van der Waals surface area contributed by atoms with Crippen molar-refractivity contribution in [1.29, 1.82) is 0 Å². The quantitative estimate of drug-likeness (QED) is 0.787. The first-order valence-corrected chi connectivity index (χ1v) is 9.07. The molecule has 0 spiro atoms. The van der Waals surface area contributed by atoms with E-state index in [1.54, 1.807) is 0 Å². The Labute approximate surface area is 134 Å². The summed E-state index contributed by atoms with van der Waals surface area (Å²) in [5.74, 6) is 1.80. The van der Waals surface area contributed by atoms with Crippen LogP contribution < -0.4 is 0 Å². The Bertz CT molecular complexity index is 448. The largest absolute Gasteiger partial charge is 0.339 e. The predicted molar refractivity (Wildman–Crippen MR) is 86.2 cm³/mol. The summed E-state index contributed by atoms with van der Waals surface area (Å²) in [5.41, 5.74) is 0. The fourth-order valence-corrected chi connectivity index (χ4v) is 4.80. The maximum Gasteiger partial charge on any atom is 0.228 e. The van der Waals surface area contributed by atoms with Gasteiger partial charge in [0, 0.05) is 31.6 Å². The van der Waals surface area contributed by atoms with E-state index in [1.807, 2.05) is 18.7 Å². The van der Waals surface area contributed by atoms with Gasteiger partial charge in [-0.05, 0) is 57.8 Å². The first-order chi connectivity index (χ1) is 10.5. The van der Waals surface area contributed by atoms with Crippen molar-refractivity contribution in [3.63, 3.8) is 0 Å². The van der Waals surface area contributed by atoms with Gasteiger partial charge in [-0.15, -0.1) is 0 Å². The van der Waals surface area contributed by atoms with Crippen LogP contribution >= 0.6 is 0 Å². The normalized spacial score (nSPS) is 35.9. The van der Waals surface area contributed by atoms with Crippen molar-refractivity contribution in [2.45, 2.75) is 71.4 Å². The fraction of sp³-hybridized carbons (Fsp3) is 0.889. The van der Waals surface area contributed by atoms with Gasteiger partial charge < -0.3 is 9.80 Å². The summed E-state index contributed by atoms with van der Waals surface area (Å²) >= 11 is 0. The summed E-state index contributed by atoms with van der Waals surface area (Å²) in [6, 6.07) is 0.649. The first-order valence-electron chi connectivity index (χ1n) is 9.07. The van der Waals surface area contributed by atoms with Crippen LogP contribution in [0, 0.1) is 17.8 Å². The van der Waals surface area contributed by atoms with Gasteiger partial charge in [0.1, 0.15) is 0 Å². The smallest absolute Gasteiger partial charge is 0.228 e. The molecule has 124 valence electrons. The highest BCUT2D eigenvalue weighted by Gasteiger charge is 2.43. The predicted octanol–water partition coefficient (Wildman–Crippen LogP) is 2.67. The standard InChI is InChI=1S/C18H30N2O2/c1-12(2)20-11-15(10-17(20)21)18(22)19-8-4-5-14-9-13(3)6-7-16(14)19/h12-16H,4-11H2,1-3H3/t13-,14-,15-,16-/m1/s1. The molecule has 2 aliphatic heterocycles. The Morgan fingerprint density at radius 2 is 2.00 bits per heavy atom. The zero-order valence-corrected chi connectivity index (χ0v) is 14.3. The van der Waals surface area contributed by atoms with E-state index in [4.69, 9.17) is 0 Å². The highest BCUT2D eigenvalue weighted by Crippen LogP contribution is 2.39. The molecule has 0 bridgehead atoms. The van der Waals surface area contributed by atoms with Crippen LogP contribution in [0.4, 0.5) is 0 Å². The number of nitrogens with zero attached hydrogens (tertiary/aromatic N) is 2. The van der Waals surface area contributed by atoms with Crippen LogP contribution in [0.25, 0.3) is 0 Å². The fourth-order valence-electron chi connectivity index (χ4n) is 4.80. The van der Waals surface area contributed by atoms with Crippen molar-refractivity contribution in [2.24, 2.45) is 17.8 Å². The van der Waals surface area contributed by atoms with Crippen LogP contribution in [0.3, 0.4) is 0 Å². The zero-order chi connectivity index (χ0) is 15.9. The van der Waals surface area contributed by atoms with Gasteiger partial charge in [0.25, 0.3) is 0 Å². The molecular weight excluding hydrogens is 276 g/mol. The minimum Gasteiger partial charge on any atom is -0.339 e. The molecule has 0 aromatic heterocycles. The van der Waals surface area contributed by atoms with E-state index in [0.29, 0.717) is 24.9 Å². The third-order valence-corrected chi connectivity index (χ3v) is 5.99. The Morgan fingerprint density at radius 1 is 1.23 bits per heavy atom. The van der Waals surface area contributed by atoms with E-state index in [2.05, 4.69) is 11.8 Å². The molecule has 1 aliphatic carbocycles. The van der Waals surface area contributed by atoms with Gasteiger partial charge in [-0.1, -0.05) is 6.92 Å². The number of hydrogen-bond acceptors (Lipinski definition) is 2. The lowest BCUT2D eigenvalue weighted by Crippen LogP contribution is -2.52. The molecule has 0 aromatic carbocycles. The van der Waals surface area contributed by atoms with E-state index in [1.165, 1.54) is 19.3 Å². The Hall–Kier alpha value is -1.06. The summed E-state index contributed by atoms with van der Waals surface area (Å²) in [6.07, 6.45) is 6.50. The topological polar surface area (TPSA) is 40.6 Å². The highest BCUT2D eigenvalue weighted by molar-refractivity contribution is 5.89. The van der Waals surface area contributed by atoms with Gasteiger partial charge >= 0.3 is 0 Å². The van der Waals surface area contributed by atoms with E-state index in [-0.39, 0.29) is 23.8 Å². The van der Waals surface area contributed by atoms with Crippen molar-refractivity contribution < 1.29 is 9.59 Å². The van der Waals surface area contributed by atoms with Crippen LogP contribution in [0.2, 0.25) is 0 Å². The molecule has 3 aliphatic rings. The van der Waals surface area contributed by atoms with Crippen molar-refractivity contribution >= 4 is 11.8 Å². The summed E-state index contributed by atoms with van der Waals surface area (Å²) in [7, 11) is 0. The molecule has 2 saturated heterocycles. The Balaban J connectivity index is 1.68. The molecule has 4 atom stereocenters. The van der Waals surface area contributed by atoms with Gasteiger partial charge in [-0.2, -0.15) is 0 Å². The number of hydrogen-bond donors (Lipinski definition) is 0. The number of carbonyl (C=O) groups excluding carboxylic acids is 2. The van der Waals surface area contributed by atoms with Crippen LogP contribution in [-0.2, 0) is 9.59 Å². The number of rotatable bonds is 2. The van der Waals surface area contributed by atoms with Crippen LogP contribution in [0.1, 0.15) is 59.3 Å². The van der Waals surface area contributed by atoms with Crippen LogP contribution in [-0.4, -0.2) is 46.8 Å². The Kier molecular flexibility index (Phi) is 4.47. The van der Waals surface area contributed by atoms with Crippen molar-refractivity contribution in [3.05, 3.63) is 0 Å². The minimum atomic E-state index is -0.104. The Morgan fingerprint density at radius 3 is 2.68 bits per heavy atom. The second-order valence-electron chi connectivity index (χ2n) is 7.96. The zero-order valence-electron chi connectivity index (χ0n) is 14.3. The maximum atomic E-state index is 13.0. The maximum absolute atomic E-state index is 13.0. The molecule has 2 heterocycles. The monoisotopic (exact) mass is 306 g/mol. The van der Waals surface area contributed by atoms with Crippen molar-refractivity contribution in [1.82, 2.24) is 9.80 Å². The SMILES string of the molecule is CC(C)N1C[C@H](C(=O)N2CCC[C@@H]3C[C@H](C)CC[C@H]32)CC1=O. The molecule has 3 fully saturated rings. The lowest BCUT2D eigenvalue weighted by Gasteiger charge is -2.46. The number of fused-ring (bicyclic) bond motifs is 1. The lowest BCUT2D eigenvalue weighted by atomic mass is 9.74. The molecule has 3 rings (SSSR count). The summed E-state index contributed by atoms with van der Waals surface area (Å²) in [4.78, 5) is 29.1. The van der Waals surface area contributed by atoms with Gasteiger partial charge in [0.15, 0.2) is 0 Å². The first kappa shape index (κ1) is 15.8. The second-order valence-corrected chi connectivity index (χ2v) is 7.96. The van der Waals surface area contributed by atoms with Gasteiger partial charge in [0.2, 0.25) is 11.8 Å². The molecule has 0 N–H and O–H groups in total. The molecule has 1 saturated carbocycles. The molecule has 0 aromatic rings. The molecule has 4 heteroatoms. The third kappa shape index (κ3) is 2.89. The molecule has 22 heavy (non-hydrogen) atoms. The average Bonchev–Trinajstić information content (AvgIpc) is 2.87. The minimum absolute atomic E-state index is 0.104. The number of likely N-dealkylation sites (tertiary alicyclic amines) is 2. The molecule has 2 amide bonds. The molecule has 0 unspecified atom stereocenters. The number of amides is 2. The number of carbonyl (C=O) groups is 2. The van der Waals surface area contributed by atoms with Crippen LogP contribution in [0.15, 0.2) is 0 Å². The number of piperidine rings is 1. The van der Waals surface area contributed by atoms with E-state index >= 15 is 0 Å². The van der Waals surface area contributed by atoms with E-state index in [9.17, 15) is 9.59 Å². The van der Waals surface area contributed by atoms with Gasteiger partial charge in [-0.25, -0.2) is 0 Å². The third-order valence-electron chi connectivity index (χ3n) is 5.99. The van der Waals surface area contributed by atoms with Crippen molar-refractivity contribution in [3.8, 4) is 0 Å². The summed E-state index contributed by atoms with van der Waals surface area (Å²) < 4.78 is 0. The second kappa shape index (κ2) is 6.21. The average molecular weight is 306 g/mol. The summed E-state index contributed by atoms with van der Waals surface area (Å²) in [5, 5.41) is 0. The molecular formula is C18H30N2O2. The molecule has 4 nitrogen and oxygen atoms in total. The van der Waals surface area contributed by atoms with Crippen molar-refractivity contribution in [2.75, 3.05) is 13.1 Å². The van der Waals surface area contributed by atoms with Gasteiger partial charge in [-0.3, -0.25) is 9.59 Å². The van der Waals surface area contributed by atoms with E-state index < -0.39 is 0 Å². The van der Waals surface area contributed by atoms with Crippen LogP contribution in [0.5, 0.6) is 0 Å². The van der Waals surface area contributed by atoms with Gasteiger partial charge in [0.05, 0.1) is 5.92 Å². The summed E-state index contributed by atoms with van der Waals surface area (Å²) in [6.45, 7) is 7.93. The highest BCUT2D eigenvalue weighted by atomic mass is 16.2. The lowest BCUT2D eigenvalue weighted by molar-refractivity contribution is -0.142. The molecule has 0 radical (unpaired) electrons.